The third kappa shape index (κ3) is 6.02. The minimum Gasteiger partial charge on any atom is -0.348 e. The van der Waals surface area contributed by atoms with E-state index >= 15 is 0 Å². The lowest BCUT2D eigenvalue weighted by atomic mass is 9.68. The molecule has 0 unspecified atom stereocenters. The standard InChI is InChI=1S/C30H29F3N2O3/c1-34(2)26(36)19-35-17-24(28(37)21-9-5-3-6-10-21)27(20-13-15-23(16-14-20)30(31,32)33)25(18-35)29(38)22-11-7-4-8-12-22/h3-16,24-25,27H,17-19H2,1-2H3/t24-,25-/m0/s1. The van der Waals surface area contributed by atoms with Gasteiger partial charge < -0.3 is 4.90 Å². The fraction of sp³-hybridized carbons (Fsp3) is 0.300. The highest BCUT2D eigenvalue weighted by molar-refractivity contribution is 6.02. The number of Topliss-reactive ketones (excluding diaryl/α,β-unsaturated/α-hetero) is 2. The summed E-state index contributed by atoms with van der Waals surface area (Å²) in [6, 6.07) is 22.0. The molecular weight excluding hydrogens is 493 g/mol. The average Bonchev–Trinajstić information content (AvgIpc) is 2.92. The van der Waals surface area contributed by atoms with Crippen molar-refractivity contribution >= 4 is 17.5 Å². The fourth-order valence-corrected chi connectivity index (χ4v) is 5.08. The van der Waals surface area contributed by atoms with Crippen LogP contribution in [0.15, 0.2) is 84.9 Å². The smallest absolute Gasteiger partial charge is 0.348 e. The Kier molecular flexibility index (Phi) is 8.11. The average molecular weight is 523 g/mol. The number of likely N-dealkylation sites (N-methyl/N-ethyl adjacent to an activating group) is 1. The Morgan fingerprint density at radius 2 is 1.21 bits per heavy atom. The first kappa shape index (κ1) is 27.3. The number of benzene rings is 3. The minimum absolute atomic E-state index is 0.0177. The second kappa shape index (κ2) is 11.3. The molecule has 0 aliphatic carbocycles. The Balaban J connectivity index is 1.81. The van der Waals surface area contributed by atoms with E-state index < -0.39 is 29.5 Å². The fourth-order valence-electron chi connectivity index (χ4n) is 5.08. The molecule has 0 bridgehead atoms. The Morgan fingerprint density at radius 1 is 0.763 bits per heavy atom. The van der Waals surface area contributed by atoms with Gasteiger partial charge in [-0.15, -0.1) is 0 Å². The summed E-state index contributed by atoms with van der Waals surface area (Å²) in [5.74, 6) is -2.80. The molecular formula is C30H29F3N2O3. The van der Waals surface area contributed by atoms with Crippen molar-refractivity contribution in [1.82, 2.24) is 9.80 Å². The summed E-state index contributed by atoms with van der Waals surface area (Å²) in [6.07, 6.45) is -4.51. The van der Waals surface area contributed by atoms with Crippen molar-refractivity contribution in [1.29, 1.82) is 0 Å². The molecule has 8 heteroatoms. The predicted octanol–water partition coefficient (Wildman–Crippen LogP) is 5.19. The molecule has 0 N–H and O–H groups in total. The van der Waals surface area contributed by atoms with E-state index in [1.54, 1.807) is 79.7 Å². The van der Waals surface area contributed by atoms with E-state index in [0.29, 0.717) is 16.7 Å². The molecule has 0 spiro atoms. The van der Waals surface area contributed by atoms with Gasteiger partial charge in [0.05, 0.1) is 12.1 Å². The number of nitrogens with zero attached hydrogens (tertiary/aromatic N) is 2. The predicted molar refractivity (Wildman–Crippen MR) is 138 cm³/mol. The van der Waals surface area contributed by atoms with Gasteiger partial charge in [0.2, 0.25) is 5.91 Å². The molecule has 5 nitrogen and oxygen atoms in total. The summed E-state index contributed by atoms with van der Waals surface area (Å²) >= 11 is 0. The van der Waals surface area contributed by atoms with Gasteiger partial charge in [0.25, 0.3) is 0 Å². The first-order valence-corrected chi connectivity index (χ1v) is 12.3. The van der Waals surface area contributed by atoms with Gasteiger partial charge in [0.15, 0.2) is 11.6 Å². The van der Waals surface area contributed by atoms with Crippen LogP contribution in [-0.4, -0.2) is 61.0 Å². The van der Waals surface area contributed by atoms with Crippen LogP contribution in [0.4, 0.5) is 13.2 Å². The largest absolute Gasteiger partial charge is 0.416 e. The summed E-state index contributed by atoms with van der Waals surface area (Å²) in [4.78, 5) is 43.6. The van der Waals surface area contributed by atoms with Gasteiger partial charge in [-0.1, -0.05) is 72.8 Å². The summed E-state index contributed by atoms with van der Waals surface area (Å²) in [5, 5.41) is 0. The lowest BCUT2D eigenvalue weighted by Crippen LogP contribution is -2.52. The van der Waals surface area contributed by atoms with Crippen molar-refractivity contribution in [3.63, 3.8) is 0 Å². The van der Waals surface area contributed by atoms with Crippen LogP contribution in [0.5, 0.6) is 0 Å². The Hall–Kier alpha value is -3.78. The lowest BCUT2D eigenvalue weighted by molar-refractivity contribution is -0.137. The van der Waals surface area contributed by atoms with Crippen LogP contribution in [-0.2, 0) is 11.0 Å². The summed E-state index contributed by atoms with van der Waals surface area (Å²) in [5.41, 5.74) is 0.578. The molecule has 4 rings (SSSR count). The zero-order chi connectivity index (χ0) is 27.4. The van der Waals surface area contributed by atoms with E-state index in [0.717, 1.165) is 12.1 Å². The molecule has 1 heterocycles. The van der Waals surface area contributed by atoms with E-state index in [4.69, 9.17) is 0 Å². The maximum Gasteiger partial charge on any atom is 0.416 e. The molecule has 3 aromatic carbocycles. The zero-order valence-electron chi connectivity index (χ0n) is 21.2. The number of hydrogen-bond acceptors (Lipinski definition) is 4. The molecule has 38 heavy (non-hydrogen) atoms. The normalized spacial score (nSPS) is 18.7. The molecule has 0 saturated carbocycles. The molecule has 1 aliphatic rings. The molecule has 0 radical (unpaired) electrons. The van der Waals surface area contributed by atoms with Gasteiger partial charge in [0.1, 0.15) is 0 Å². The maximum absolute atomic E-state index is 13.9. The highest BCUT2D eigenvalue weighted by Gasteiger charge is 2.45. The number of amides is 1. The van der Waals surface area contributed by atoms with Gasteiger partial charge in [-0.05, 0) is 17.7 Å². The van der Waals surface area contributed by atoms with Crippen LogP contribution in [0.2, 0.25) is 0 Å². The summed E-state index contributed by atoms with van der Waals surface area (Å²) in [7, 11) is 3.27. The number of carbonyl (C=O) groups excluding carboxylic acids is 3. The maximum atomic E-state index is 13.9. The molecule has 2 atom stereocenters. The van der Waals surface area contributed by atoms with E-state index in [1.807, 2.05) is 0 Å². The van der Waals surface area contributed by atoms with Gasteiger partial charge in [-0.3, -0.25) is 19.3 Å². The number of piperidine rings is 1. The van der Waals surface area contributed by atoms with Crippen LogP contribution < -0.4 is 0 Å². The second-order valence-corrected chi connectivity index (χ2v) is 9.80. The van der Waals surface area contributed by atoms with Crippen molar-refractivity contribution in [3.8, 4) is 0 Å². The minimum atomic E-state index is -4.51. The van der Waals surface area contributed by atoms with Crippen molar-refractivity contribution in [2.45, 2.75) is 12.1 Å². The van der Waals surface area contributed by atoms with Crippen LogP contribution >= 0.6 is 0 Å². The Morgan fingerprint density at radius 3 is 1.61 bits per heavy atom. The monoisotopic (exact) mass is 522 g/mol. The molecule has 0 aromatic heterocycles. The number of alkyl halides is 3. The second-order valence-electron chi connectivity index (χ2n) is 9.80. The van der Waals surface area contributed by atoms with Crippen molar-refractivity contribution in [2.24, 2.45) is 11.8 Å². The molecule has 3 aromatic rings. The molecule has 1 fully saturated rings. The first-order chi connectivity index (χ1) is 18.1. The van der Waals surface area contributed by atoms with Gasteiger partial charge in [-0.25, -0.2) is 0 Å². The third-order valence-corrected chi connectivity index (χ3v) is 7.05. The van der Waals surface area contributed by atoms with E-state index in [2.05, 4.69) is 0 Å². The van der Waals surface area contributed by atoms with Crippen molar-refractivity contribution < 1.29 is 27.6 Å². The lowest BCUT2D eigenvalue weighted by Gasteiger charge is -2.43. The highest BCUT2D eigenvalue weighted by Crippen LogP contribution is 2.41. The molecule has 1 saturated heterocycles. The molecule has 1 amide bonds. The van der Waals surface area contributed by atoms with E-state index in [9.17, 15) is 27.6 Å². The first-order valence-electron chi connectivity index (χ1n) is 12.3. The van der Waals surface area contributed by atoms with Crippen LogP contribution in [0.25, 0.3) is 0 Å². The van der Waals surface area contributed by atoms with Gasteiger partial charge >= 0.3 is 6.18 Å². The summed E-state index contributed by atoms with van der Waals surface area (Å²) in [6.45, 7) is 0.402. The van der Waals surface area contributed by atoms with Crippen LogP contribution in [0.1, 0.15) is 37.8 Å². The quantitative estimate of drug-likeness (QED) is 0.401. The third-order valence-electron chi connectivity index (χ3n) is 7.05. The Bertz CT molecular complexity index is 1210. The Labute approximate surface area is 219 Å². The SMILES string of the molecule is CN(C)C(=O)CN1C[C@H](C(=O)c2ccccc2)C(c2ccc(C(F)(F)F)cc2)[C@@H](C(=O)c2ccccc2)C1. The zero-order valence-corrected chi connectivity index (χ0v) is 21.2. The topological polar surface area (TPSA) is 57.7 Å². The molecule has 1 aliphatic heterocycles. The number of rotatable bonds is 7. The highest BCUT2D eigenvalue weighted by atomic mass is 19.4. The number of carbonyl (C=O) groups is 3. The number of halogens is 3. The summed E-state index contributed by atoms with van der Waals surface area (Å²) < 4.78 is 39.9. The number of likely N-dealkylation sites (tertiary alicyclic amines) is 1. The van der Waals surface area contributed by atoms with E-state index in [-0.39, 0.29) is 37.1 Å². The van der Waals surface area contributed by atoms with Crippen LogP contribution in [0.3, 0.4) is 0 Å². The number of hydrogen-bond donors (Lipinski definition) is 0. The molecule has 198 valence electrons. The number of ketones is 2. The van der Waals surface area contributed by atoms with Gasteiger partial charge in [0, 0.05) is 56.1 Å². The van der Waals surface area contributed by atoms with Crippen molar-refractivity contribution in [3.05, 3.63) is 107 Å². The van der Waals surface area contributed by atoms with Crippen LogP contribution in [0, 0.1) is 11.8 Å². The van der Waals surface area contributed by atoms with E-state index in [1.165, 1.54) is 17.0 Å². The van der Waals surface area contributed by atoms with Gasteiger partial charge in [-0.2, -0.15) is 13.2 Å². The van der Waals surface area contributed by atoms with Crippen molar-refractivity contribution in [2.75, 3.05) is 33.7 Å².